The van der Waals surface area contributed by atoms with Crippen molar-refractivity contribution in [3.05, 3.63) is 71.3 Å². The lowest BCUT2D eigenvalue weighted by Gasteiger charge is -2.15. The Balaban J connectivity index is 2.40. The number of alkyl halides is 3. The third kappa shape index (κ3) is 2.88. The maximum absolute atomic E-state index is 12.9. The number of halogens is 3. The molecule has 2 aromatic rings. The normalized spacial score (nSPS) is 13.0. The van der Waals surface area contributed by atoms with Gasteiger partial charge in [-0.25, -0.2) is 0 Å². The predicted molar refractivity (Wildman–Crippen MR) is 69.1 cm³/mol. The zero-order valence-corrected chi connectivity index (χ0v) is 10.4. The predicted octanol–water partition coefficient (Wildman–Crippen LogP) is 3.59. The fraction of sp³-hybridized carbons (Fsp3) is 0.133. The van der Waals surface area contributed by atoms with Gasteiger partial charge in [0, 0.05) is 5.56 Å². The van der Waals surface area contributed by atoms with Gasteiger partial charge in [0.05, 0.1) is 11.6 Å². The van der Waals surface area contributed by atoms with Crippen LogP contribution in [0, 0.1) is 0 Å². The number of hydrogen-bond acceptors (Lipinski definition) is 2. The van der Waals surface area contributed by atoms with E-state index in [4.69, 9.17) is 5.73 Å². The van der Waals surface area contributed by atoms with Gasteiger partial charge in [-0.15, -0.1) is 0 Å². The van der Waals surface area contributed by atoms with Crippen molar-refractivity contribution in [2.75, 3.05) is 0 Å². The third-order valence-electron chi connectivity index (χ3n) is 2.94. The number of Topliss-reactive ketones (excluding diaryl/α,β-unsaturated/α-hetero) is 1. The standard InChI is InChI=1S/C15H12F3NO/c16-15(17,18)12-9-5-4-8-11(12)14(20)13(19)10-6-2-1-3-7-10/h1-9,13H,19H2/t13-/m1/s1. The summed E-state index contributed by atoms with van der Waals surface area (Å²) in [5.41, 5.74) is 4.88. The summed E-state index contributed by atoms with van der Waals surface area (Å²) in [7, 11) is 0. The Bertz CT molecular complexity index is 608. The van der Waals surface area contributed by atoms with E-state index in [1.54, 1.807) is 30.3 Å². The smallest absolute Gasteiger partial charge is 0.318 e. The lowest BCUT2D eigenvalue weighted by atomic mass is 9.94. The van der Waals surface area contributed by atoms with Crippen LogP contribution in [0.1, 0.15) is 27.5 Å². The molecule has 0 aliphatic carbocycles. The lowest BCUT2D eigenvalue weighted by molar-refractivity contribution is -0.137. The molecule has 0 radical (unpaired) electrons. The van der Waals surface area contributed by atoms with Crippen LogP contribution >= 0.6 is 0 Å². The lowest BCUT2D eigenvalue weighted by Crippen LogP contribution is -2.24. The van der Waals surface area contributed by atoms with E-state index in [0.29, 0.717) is 5.56 Å². The minimum atomic E-state index is -4.58. The monoisotopic (exact) mass is 279 g/mol. The summed E-state index contributed by atoms with van der Waals surface area (Å²) in [6, 6.07) is 11.9. The molecule has 1 atom stereocenters. The summed E-state index contributed by atoms with van der Waals surface area (Å²) in [6.07, 6.45) is -4.58. The highest BCUT2D eigenvalue weighted by Gasteiger charge is 2.35. The van der Waals surface area contributed by atoms with Crippen molar-refractivity contribution in [1.82, 2.24) is 0 Å². The van der Waals surface area contributed by atoms with Gasteiger partial charge in [-0.1, -0.05) is 48.5 Å². The maximum Gasteiger partial charge on any atom is 0.417 e. The van der Waals surface area contributed by atoms with Crippen LogP contribution < -0.4 is 5.73 Å². The van der Waals surface area contributed by atoms with Crippen molar-refractivity contribution in [3.63, 3.8) is 0 Å². The minimum absolute atomic E-state index is 0.406. The number of rotatable bonds is 3. The third-order valence-corrected chi connectivity index (χ3v) is 2.94. The molecule has 0 fully saturated rings. The van der Waals surface area contributed by atoms with Crippen molar-refractivity contribution >= 4 is 5.78 Å². The summed E-state index contributed by atoms with van der Waals surface area (Å²) in [4.78, 5) is 12.2. The second kappa shape index (κ2) is 5.46. The molecule has 0 aromatic heterocycles. The molecule has 0 amide bonds. The first-order valence-electron chi connectivity index (χ1n) is 5.92. The van der Waals surface area contributed by atoms with Crippen molar-refractivity contribution in [3.8, 4) is 0 Å². The molecule has 0 bridgehead atoms. The molecule has 2 aromatic carbocycles. The Morgan fingerprint density at radius 3 is 2.10 bits per heavy atom. The number of ketones is 1. The van der Waals surface area contributed by atoms with E-state index in [0.717, 1.165) is 12.1 Å². The van der Waals surface area contributed by atoms with Crippen molar-refractivity contribution in [2.24, 2.45) is 5.73 Å². The molecular weight excluding hydrogens is 267 g/mol. The highest BCUT2D eigenvalue weighted by Crippen LogP contribution is 2.33. The fourth-order valence-electron chi connectivity index (χ4n) is 1.92. The van der Waals surface area contributed by atoms with Gasteiger partial charge in [-0.2, -0.15) is 13.2 Å². The van der Waals surface area contributed by atoms with Crippen LogP contribution in [-0.4, -0.2) is 5.78 Å². The van der Waals surface area contributed by atoms with Gasteiger partial charge in [0.2, 0.25) is 0 Å². The van der Waals surface area contributed by atoms with E-state index in [-0.39, 0.29) is 0 Å². The molecular formula is C15H12F3NO. The average molecular weight is 279 g/mol. The second-order valence-corrected chi connectivity index (χ2v) is 4.30. The van der Waals surface area contributed by atoms with E-state index in [1.165, 1.54) is 12.1 Å². The van der Waals surface area contributed by atoms with Gasteiger partial charge in [-0.05, 0) is 11.6 Å². The number of carbonyl (C=O) groups excluding carboxylic acids is 1. The van der Waals surface area contributed by atoms with Crippen LogP contribution in [0.3, 0.4) is 0 Å². The van der Waals surface area contributed by atoms with Crippen molar-refractivity contribution in [1.29, 1.82) is 0 Å². The molecule has 2 N–H and O–H groups in total. The molecule has 104 valence electrons. The zero-order valence-electron chi connectivity index (χ0n) is 10.4. The first kappa shape index (κ1) is 14.3. The number of hydrogen-bond donors (Lipinski definition) is 1. The largest absolute Gasteiger partial charge is 0.417 e. The molecule has 2 nitrogen and oxygen atoms in total. The molecule has 0 saturated heterocycles. The summed E-state index contributed by atoms with van der Waals surface area (Å²) in [5, 5.41) is 0. The van der Waals surface area contributed by atoms with Crippen LogP contribution in [0.15, 0.2) is 54.6 Å². The highest BCUT2D eigenvalue weighted by atomic mass is 19.4. The van der Waals surface area contributed by atoms with Crippen LogP contribution in [0.25, 0.3) is 0 Å². The number of carbonyl (C=O) groups is 1. The Hall–Kier alpha value is -2.14. The van der Waals surface area contributed by atoms with Gasteiger partial charge in [0.25, 0.3) is 0 Å². The molecule has 0 aliphatic heterocycles. The number of nitrogens with two attached hydrogens (primary N) is 1. The van der Waals surface area contributed by atoms with Gasteiger partial charge in [0.15, 0.2) is 5.78 Å². The molecule has 20 heavy (non-hydrogen) atoms. The second-order valence-electron chi connectivity index (χ2n) is 4.30. The first-order valence-corrected chi connectivity index (χ1v) is 5.92. The van der Waals surface area contributed by atoms with Crippen LogP contribution in [0.4, 0.5) is 13.2 Å². The molecule has 0 unspecified atom stereocenters. The topological polar surface area (TPSA) is 43.1 Å². The Labute approximate surface area is 114 Å². The van der Waals surface area contributed by atoms with Crippen molar-refractivity contribution in [2.45, 2.75) is 12.2 Å². The van der Waals surface area contributed by atoms with Gasteiger partial charge >= 0.3 is 6.18 Å². The summed E-state index contributed by atoms with van der Waals surface area (Å²) >= 11 is 0. The zero-order chi connectivity index (χ0) is 14.8. The molecule has 5 heteroatoms. The van der Waals surface area contributed by atoms with E-state index in [2.05, 4.69) is 0 Å². The summed E-state index contributed by atoms with van der Waals surface area (Å²) in [5.74, 6) is -0.746. The maximum atomic E-state index is 12.9. The van der Waals surface area contributed by atoms with Crippen LogP contribution in [0.2, 0.25) is 0 Å². The first-order chi connectivity index (χ1) is 9.41. The van der Waals surface area contributed by atoms with E-state index in [1.807, 2.05) is 0 Å². The average Bonchev–Trinajstić information content (AvgIpc) is 2.46. The Morgan fingerprint density at radius 1 is 0.950 bits per heavy atom. The molecule has 0 spiro atoms. The number of benzene rings is 2. The van der Waals surface area contributed by atoms with E-state index in [9.17, 15) is 18.0 Å². The van der Waals surface area contributed by atoms with E-state index < -0.39 is 29.1 Å². The van der Waals surface area contributed by atoms with Gasteiger partial charge < -0.3 is 5.73 Å². The van der Waals surface area contributed by atoms with Crippen molar-refractivity contribution < 1.29 is 18.0 Å². The quantitative estimate of drug-likeness (QED) is 0.872. The van der Waals surface area contributed by atoms with Crippen LogP contribution in [0.5, 0.6) is 0 Å². The van der Waals surface area contributed by atoms with Crippen LogP contribution in [-0.2, 0) is 6.18 Å². The SMILES string of the molecule is N[C@@H](C(=O)c1ccccc1C(F)(F)F)c1ccccc1. The molecule has 0 aliphatic rings. The Kier molecular flexibility index (Phi) is 3.90. The van der Waals surface area contributed by atoms with Gasteiger partial charge in [-0.3, -0.25) is 4.79 Å². The highest BCUT2D eigenvalue weighted by molar-refractivity contribution is 6.01. The summed E-state index contributed by atoms with van der Waals surface area (Å²) in [6.45, 7) is 0. The molecule has 0 saturated carbocycles. The van der Waals surface area contributed by atoms with E-state index >= 15 is 0 Å². The minimum Gasteiger partial charge on any atom is -0.318 e. The summed E-state index contributed by atoms with van der Waals surface area (Å²) < 4.78 is 38.6. The molecule has 0 heterocycles. The van der Waals surface area contributed by atoms with Gasteiger partial charge in [0.1, 0.15) is 0 Å². The Morgan fingerprint density at radius 2 is 1.50 bits per heavy atom. The fourth-order valence-corrected chi connectivity index (χ4v) is 1.92. The molecule has 2 rings (SSSR count).